The Morgan fingerprint density at radius 2 is 2.17 bits per heavy atom. The number of anilines is 2. The minimum absolute atomic E-state index is 0.00888. The van der Waals surface area contributed by atoms with E-state index in [1.807, 2.05) is 0 Å². The Labute approximate surface area is 142 Å². The maximum Gasteiger partial charge on any atom is 0.336 e. The van der Waals surface area contributed by atoms with E-state index in [-0.39, 0.29) is 11.5 Å². The molecule has 0 bridgehead atoms. The summed E-state index contributed by atoms with van der Waals surface area (Å²) >= 11 is 6.08. The third-order valence-corrected chi connectivity index (χ3v) is 4.08. The summed E-state index contributed by atoms with van der Waals surface area (Å²) < 4.78 is 4.89. The molecule has 1 aromatic carbocycles. The van der Waals surface area contributed by atoms with Gasteiger partial charge in [0.2, 0.25) is 5.95 Å². The maximum atomic E-state index is 12.5. The van der Waals surface area contributed by atoms with Crippen molar-refractivity contribution in [3.63, 3.8) is 0 Å². The average Bonchev–Trinajstić information content (AvgIpc) is 2.52. The summed E-state index contributed by atoms with van der Waals surface area (Å²) in [5.41, 5.74) is 7.03. The van der Waals surface area contributed by atoms with Crippen LogP contribution in [0.4, 0.5) is 11.8 Å². The van der Waals surface area contributed by atoms with E-state index in [2.05, 4.69) is 15.3 Å². The van der Waals surface area contributed by atoms with Crippen molar-refractivity contribution in [3.8, 4) is 0 Å². The first kappa shape index (κ1) is 16.1. The van der Waals surface area contributed by atoms with Crippen LogP contribution in [-0.4, -0.2) is 23.0 Å². The van der Waals surface area contributed by atoms with Crippen molar-refractivity contribution >= 4 is 29.3 Å². The van der Waals surface area contributed by atoms with Gasteiger partial charge in [0.05, 0.1) is 24.2 Å². The topological polar surface area (TPSA) is 110 Å². The fourth-order valence-corrected chi connectivity index (χ4v) is 3.07. The smallest absolute Gasteiger partial charge is 0.336 e. The predicted molar refractivity (Wildman–Crippen MR) is 90.9 cm³/mol. The van der Waals surface area contributed by atoms with Gasteiger partial charge in [-0.25, -0.2) is 4.79 Å². The van der Waals surface area contributed by atoms with Crippen LogP contribution in [0.3, 0.4) is 0 Å². The molecule has 7 nitrogen and oxygen atoms in total. The van der Waals surface area contributed by atoms with Crippen molar-refractivity contribution in [2.75, 3.05) is 18.2 Å². The van der Waals surface area contributed by atoms with Gasteiger partial charge in [-0.05, 0) is 24.6 Å². The standard InChI is InChI=1S/C16H15ClN4O3/c1-7-10(15(23)24-2)11(8-4-3-5-9(17)6-8)12-13(19-7)20-16(18)21-14(12)22/h3-6,11H,1-2H3,(H4,18,19,20,21,22). The average molecular weight is 347 g/mol. The van der Waals surface area contributed by atoms with E-state index in [0.717, 1.165) is 0 Å². The number of carbonyl (C=O) groups excluding carboxylic acids is 1. The highest BCUT2D eigenvalue weighted by Crippen LogP contribution is 2.40. The number of H-pyrrole nitrogens is 1. The molecule has 0 fully saturated rings. The number of nitrogens with zero attached hydrogens (tertiary/aromatic N) is 1. The van der Waals surface area contributed by atoms with Crippen LogP contribution in [0.15, 0.2) is 40.3 Å². The SMILES string of the molecule is COC(=O)C1=C(C)Nc2nc(N)[nH]c(=O)c2C1c1cccc(Cl)c1. The third-order valence-electron chi connectivity index (χ3n) is 3.85. The second-order valence-electron chi connectivity index (χ2n) is 5.36. The van der Waals surface area contributed by atoms with Crippen LogP contribution in [-0.2, 0) is 9.53 Å². The van der Waals surface area contributed by atoms with Gasteiger partial charge in [-0.3, -0.25) is 9.78 Å². The molecule has 0 saturated carbocycles. The predicted octanol–water partition coefficient (Wildman–Crippen LogP) is 2.01. The van der Waals surface area contributed by atoms with Gasteiger partial charge in [-0.2, -0.15) is 4.98 Å². The molecule has 8 heteroatoms. The van der Waals surface area contributed by atoms with Crippen molar-refractivity contribution in [3.05, 3.63) is 62.0 Å². The van der Waals surface area contributed by atoms with Gasteiger partial charge in [0.1, 0.15) is 5.82 Å². The van der Waals surface area contributed by atoms with Crippen LogP contribution in [0.25, 0.3) is 0 Å². The Hall–Kier alpha value is -2.80. The molecule has 2 heterocycles. The normalized spacial score (nSPS) is 16.4. The van der Waals surface area contributed by atoms with E-state index in [4.69, 9.17) is 22.1 Å². The first-order chi connectivity index (χ1) is 11.4. The summed E-state index contributed by atoms with van der Waals surface area (Å²) in [5.74, 6) is -0.895. The number of methoxy groups -OCH3 is 1. The summed E-state index contributed by atoms with van der Waals surface area (Å²) in [5, 5.41) is 3.45. The summed E-state index contributed by atoms with van der Waals surface area (Å²) in [7, 11) is 1.29. The molecule has 24 heavy (non-hydrogen) atoms. The molecule has 3 rings (SSSR count). The van der Waals surface area contributed by atoms with E-state index in [1.165, 1.54) is 7.11 Å². The monoisotopic (exact) mass is 346 g/mol. The molecule has 2 aromatic rings. The fourth-order valence-electron chi connectivity index (χ4n) is 2.87. The second-order valence-corrected chi connectivity index (χ2v) is 5.79. The summed E-state index contributed by atoms with van der Waals surface area (Å²) in [6, 6.07) is 6.96. The van der Waals surface area contributed by atoms with Crippen LogP contribution in [0, 0.1) is 0 Å². The van der Waals surface area contributed by atoms with E-state index in [1.54, 1.807) is 31.2 Å². The minimum Gasteiger partial charge on any atom is -0.466 e. The molecule has 1 aromatic heterocycles. The van der Waals surface area contributed by atoms with Crippen molar-refractivity contribution in [2.24, 2.45) is 0 Å². The zero-order valence-corrected chi connectivity index (χ0v) is 13.8. The number of carbonyl (C=O) groups is 1. The Kier molecular flexibility index (Phi) is 4.02. The van der Waals surface area contributed by atoms with Gasteiger partial charge in [-0.1, -0.05) is 23.7 Å². The number of nitrogens with two attached hydrogens (primary N) is 1. The van der Waals surface area contributed by atoms with Gasteiger partial charge in [0, 0.05) is 10.7 Å². The molecule has 1 aliphatic heterocycles. The lowest BCUT2D eigenvalue weighted by molar-refractivity contribution is -0.136. The lowest BCUT2D eigenvalue weighted by Gasteiger charge is -2.28. The van der Waals surface area contributed by atoms with Gasteiger partial charge in [0.25, 0.3) is 5.56 Å². The van der Waals surface area contributed by atoms with Gasteiger partial charge >= 0.3 is 5.97 Å². The Bertz CT molecular complexity index is 920. The van der Waals surface area contributed by atoms with Crippen LogP contribution >= 0.6 is 11.6 Å². The number of nitrogen functional groups attached to an aromatic ring is 1. The van der Waals surface area contributed by atoms with Crippen LogP contribution in [0.1, 0.15) is 24.0 Å². The van der Waals surface area contributed by atoms with E-state index in [9.17, 15) is 9.59 Å². The number of aromatic amines is 1. The summed E-state index contributed by atoms with van der Waals surface area (Å²) in [6.07, 6.45) is 0. The van der Waals surface area contributed by atoms with E-state index < -0.39 is 17.4 Å². The minimum atomic E-state index is -0.663. The Morgan fingerprint density at radius 1 is 1.42 bits per heavy atom. The molecule has 1 atom stereocenters. The number of allylic oxidation sites excluding steroid dienone is 1. The summed E-state index contributed by atoms with van der Waals surface area (Å²) in [6.45, 7) is 1.71. The maximum absolute atomic E-state index is 12.5. The lowest BCUT2D eigenvalue weighted by Crippen LogP contribution is -2.31. The summed E-state index contributed by atoms with van der Waals surface area (Å²) in [4.78, 5) is 31.4. The number of esters is 1. The number of fused-ring (bicyclic) bond motifs is 1. The molecule has 0 aliphatic carbocycles. The molecule has 0 radical (unpaired) electrons. The Balaban J connectivity index is 2.32. The highest BCUT2D eigenvalue weighted by atomic mass is 35.5. The van der Waals surface area contributed by atoms with E-state index >= 15 is 0 Å². The number of benzene rings is 1. The molecule has 4 N–H and O–H groups in total. The van der Waals surface area contributed by atoms with Crippen molar-refractivity contribution < 1.29 is 9.53 Å². The van der Waals surface area contributed by atoms with Crippen LogP contribution in [0.5, 0.6) is 0 Å². The molecule has 1 unspecified atom stereocenters. The number of nitrogens with one attached hydrogen (secondary N) is 2. The molecular formula is C16H15ClN4O3. The van der Waals surface area contributed by atoms with Crippen LogP contribution in [0.2, 0.25) is 5.02 Å². The van der Waals surface area contributed by atoms with Gasteiger partial charge in [-0.15, -0.1) is 0 Å². The van der Waals surface area contributed by atoms with E-state index in [0.29, 0.717) is 27.7 Å². The molecule has 1 aliphatic rings. The molecular weight excluding hydrogens is 332 g/mol. The molecule has 0 spiro atoms. The zero-order chi connectivity index (χ0) is 17.4. The fraction of sp³-hybridized carbons (Fsp3) is 0.188. The third kappa shape index (κ3) is 2.63. The zero-order valence-electron chi connectivity index (χ0n) is 13.0. The first-order valence-electron chi connectivity index (χ1n) is 7.13. The number of hydrogen-bond donors (Lipinski definition) is 3. The first-order valence-corrected chi connectivity index (χ1v) is 7.51. The number of rotatable bonds is 2. The highest BCUT2D eigenvalue weighted by molar-refractivity contribution is 6.30. The number of halogens is 1. The number of aromatic nitrogens is 2. The Morgan fingerprint density at radius 3 is 2.83 bits per heavy atom. The van der Waals surface area contributed by atoms with Gasteiger partial charge in [0.15, 0.2) is 0 Å². The highest BCUT2D eigenvalue weighted by Gasteiger charge is 2.36. The molecule has 0 saturated heterocycles. The number of ether oxygens (including phenoxy) is 1. The van der Waals surface area contributed by atoms with Crippen molar-refractivity contribution in [2.45, 2.75) is 12.8 Å². The molecule has 124 valence electrons. The van der Waals surface area contributed by atoms with Crippen molar-refractivity contribution in [1.29, 1.82) is 0 Å². The van der Waals surface area contributed by atoms with Crippen molar-refractivity contribution in [1.82, 2.24) is 9.97 Å². The lowest BCUT2D eigenvalue weighted by atomic mass is 9.82. The van der Waals surface area contributed by atoms with Crippen LogP contribution < -0.4 is 16.6 Å². The quantitative estimate of drug-likeness (QED) is 0.717. The largest absolute Gasteiger partial charge is 0.466 e. The molecule has 0 amide bonds. The van der Waals surface area contributed by atoms with Gasteiger partial charge < -0.3 is 15.8 Å². The number of hydrogen-bond acceptors (Lipinski definition) is 6. The second kappa shape index (κ2) is 6.01.